The van der Waals surface area contributed by atoms with Crippen molar-refractivity contribution in [1.29, 1.82) is 0 Å². The first-order valence-electron chi connectivity index (χ1n) is 7.94. The second kappa shape index (κ2) is 8.77. The molecule has 3 aromatic rings. The van der Waals surface area contributed by atoms with Crippen molar-refractivity contribution >= 4 is 34.1 Å². The smallest absolute Gasteiger partial charge is 0.236 e. The van der Waals surface area contributed by atoms with Crippen LogP contribution < -0.4 is 10.1 Å². The number of aryl methyl sites for hydroxylation is 1. The summed E-state index contributed by atoms with van der Waals surface area (Å²) in [4.78, 5) is 11.9. The number of carbonyl (C=O) groups is 1. The van der Waals surface area contributed by atoms with Crippen LogP contribution in [0.25, 0.3) is 0 Å². The third-order valence-electron chi connectivity index (χ3n) is 3.56. The van der Waals surface area contributed by atoms with Crippen molar-refractivity contribution in [2.45, 2.75) is 25.1 Å². The minimum atomic E-state index is -0.163. The van der Waals surface area contributed by atoms with Crippen LogP contribution >= 0.6 is 23.1 Å². The first-order valence-corrected chi connectivity index (χ1v) is 9.81. The highest BCUT2D eigenvalue weighted by atomic mass is 32.2. The molecule has 0 saturated carbocycles. The van der Waals surface area contributed by atoms with Crippen LogP contribution in [0.1, 0.15) is 18.3 Å². The average Bonchev–Trinajstić information content (AvgIpc) is 3.29. The molecular formula is C16H18N6O2S2. The van der Waals surface area contributed by atoms with E-state index < -0.39 is 0 Å². The van der Waals surface area contributed by atoms with E-state index in [4.69, 9.17) is 4.74 Å². The summed E-state index contributed by atoms with van der Waals surface area (Å²) in [5.74, 6) is 1.53. The molecule has 0 fully saturated rings. The highest BCUT2D eigenvalue weighted by Crippen LogP contribution is 2.18. The Morgan fingerprint density at radius 1 is 1.27 bits per heavy atom. The molecule has 2 heterocycles. The van der Waals surface area contributed by atoms with Crippen LogP contribution in [0, 0.1) is 0 Å². The highest BCUT2D eigenvalue weighted by molar-refractivity contribution is 7.99. The summed E-state index contributed by atoms with van der Waals surface area (Å²) >= 11 is 2.58. The van der Waals surface area contributed by atoms with Gasteiger partial charge in [0.15, 0.2) is 11.0 Å². The van der Waals surface area contributed by atoms with Crippen LogP contribution in [0.5, 0.6) is 5.75 Å². The molecule has 0 aliphatic carbocycles. The van der Waals surface area contributed by atoms with Crippen LogP contribution in [0.3, 0.4) is 0 Å². The number of amides is 1. The van der Waals surface area contributed by atoms with Crippen LogP contribution in [0.2, 0.25) is 0 Å². The molecule has 0 spiro atoms. The number of thioether (sulfide) groups is 1. The van der Waals surface area contributed by atoms with Gasteiger partial charge in [0.2, 0.25) is 11.0 Å². The van der Waals surface area contributed by atoms with Gasteiger partial charge >= 0.3 is 0 Å². The summed E-state index contributed by atoms with van der Waals surface area (Å²) in [6, 6.07) is 7.99. The molecule has 8 nitrogen and oxygen atoms in total. The standard InChI is InChI=1S/C16H18N6O2S2/c1-3-11-4-6-12(7-5-11)24-8-13-19-21-16(22(13)2)25-9-14(23)18-15-20-17-10-26-15/h4-7,10H,3,8-9H2,1-2H3,(H,18,20,23). The zero-order chi connectivity index (χ0) is 18.4. The molecule has 0 unspecified atom stereocenters. The molecule has 1 aromatic carbocycles. The van der Waals surface area contributed by atoms with Crippen molar-refractivity contribution in [1.82, 2.24) is 25.0 Å². The van der Waals surface area contributed by atoms with E-state index in [0.29, 0.717) is 22.7 Å². The molecule has 2 aromatic heterocycles. The molecule has 0 atom stereocenters. The number of benzene rings is 1. The molecule has 0 aliphatic rings. The second-order valence-corrected chi connectivity index (χ2v) is 7.10. The fourth-order valence-electron chi connectivity index (χ4n) is 2.08. The highest BCUT2D eigenvalue weighted by Gasteiger charge is 2.13. The molecule has 1 N–H and O–H groups in total. The SMILES string of the molecule is CCc1ccc(OCc2nnc(SCC(=O)Nc3nncs3)n2C)cc1. The molecule has 26 heavy (non-hydrogen) atoms. The number of nitrogens with zero attached hydrogens (tertiary/aromatic N) is 5. The van der Waals surface area contributed by atoms with Crippen molar-refractivity contribution in [3.05, 3.63) is 41.2 Å². The van der Waals surface area contributed by atoms with E-state index in [1.807, 2.05) is 35.9 Å². The Hall–Kier alpha value is -2.46. The van der Waals surface area contributed by atoms with E-state index in [1.165, 1.54) is 28.7 Å². The van der Waals surface area contributed by atoms with Gasteiger partial charge in [-0.2, -0.15) is 0 Å². The van der Waals surface area contributed by atoms with Crippen LogP contribution in [0.4, 0.5) is 5.13 Å². The number of rotatable bonds is 8. The third-order valence-corrected chi connectivity index (χ3v) is 5.19. The van der Waals surface area contributed by atoms with Gasteiger partial charge in [0.25, 0.3) is 0 Å². The van der Waals surface area contributed by atoms with Crippen molar-refractivity contribution in [3.8, 4) is 5.75 Å². The molecule has 3 rings (SSSR count). The molecule has 0 radical (unpaired) electrons. The van der Waals surface area contributed by atoms with Gasteiger partial charge < -0.3 is 9.30 Å². The van der Waals surface area contributed by atoms with E-state index in [0.717, 1.165) is 12.2 Å². The number of carbonyl (C=O) groups excluding carboxylic acids is 1. The number of ether oxygens (including phenoxy) is 1. The predicted molar refractivity (Wildman–Crippen MR) is 100 cm³/mol. The number of hydrogen-bond acceptors (Lipinski definition) is 8. The van der Waals surface area contributed by atoms with E-state index in [2.05, 4.69) is 32.6 Å². The molecule has 0 aliphatic heterocycles. The topological polar surface area (TPSA) is 94.8 Å². The number of hydrogen-bond donors (Lipinski definition) is 1. The number of anilines is 1. The zero-order valence-electron chi connectivity index (χ0n) is 14.4. The summed E-state index contributed by atoms with van der Waals surface area (Å²) in [6.45, 7) is 2.43. The third kappa shape index (κ3) is 4.79. The van der Waals surface area contributed by atoms with E-state index in [9.17, 15) is 4.79 Å². The normalized spacial score (nSPS) is 10.7. The second-order valence-electron chi connectivity index (χ2n) is 5.32. The van der Waals surface area contributed by atoms with E-state index >= 15 is 0 Å². The minimum Gasteiger partial charge on any atom is -0.486 e. The maximum absolute atomic E-state index is 11.9. The van der Waals surface area contributed by atoms with Gasteiger partial charge in [0.05, 0.1) is 5.75 Å². The summed E-state index contributed by atoms with van der Waals surface area (Å²) in [5, 5.41) is 19.5. The maximum Gasteiger partial charge on any atom is 0.236 e. The van der Waals surface area contributed by atoms with Crippen molar-refractivity contribution < 1.29 is 9.53 Å². The zero-order valence-corrected chi connectivity index (χ0v) is 16.0. The lowest BCUT2D eigenvalue weighted by atomic mass is 10.2. The van der Waals surface area contributed by atoms with Crippen molar-refractivity contribution in [2.24, 2.45) is 7.05 Å². The number of aromatic nitrogens is 5. The summed E-state index contributed by atoms with van der Waals surface area (Å²) in [7, 11) is 1.85. The fraction of sp³-hybridized carbons (Fsp3) is 0.312. The molecule has 0 bridgehead atoms. The Morgan fingerprint density at radius 2 is 2.08 bits per heavy atom. The molecule has 0 saturated heterocycles. The average molecular weight is 390 g/mol. The molecular weight excluding hydrogens is 372 g/mol. The molecule has 136 valence electrons. The Labute approximate surface area is 159 Å². The first kappa shape index (κ1) is 18.3. The van der Waals surface area contributed by atoms with Gasteiger partial charge in [-0.1, -0.05) is 42.2 Å². The largest absolute Gasteiger partial charge is 0.486 e. The fourth-order valence-corrected chi connectivity index (χ4v) is 3.27. The van der Waals surface area contributed by atoms with Gasteiger partial charge in [-0.15, -0.1) is 20.4 Å². The summed E-state index contributed by atoms with van der Waals surface area (Å²) in [6.07, 6.45) is 0.997. The Bertz CT molecular complexity index is 848. The van der Waals surface area contributed by atoms with E-state index in [1.54, 1.807) is 5.51 Å². The number of nitrogens with one attached hydrogen (secondary N) is 1. The van der Waals surface area contributed by atoms with Crippen LogP contribution in [-0.2, 0) is 24.9 Å². The molecule has 10 heteroatoms. The van der Waals surface area contributed by atoms with Gasteiger partial charge in [0, 0.05) is 7.05 Å². The van der Waals surface area contributed by atoms with Crippen molar-refractivity contribution in [2.75, 3.05) is 11.1 Å². The van der Waals surface area contributed by atoms with E-state index in [-0.39, 0.29) is 11.7 Å². The Balaban J connectivity index is 1.51. The van der Waals surface area contributed by atoms with Gasteiger partial charge in [-0.25, -0.2) is 0 Å². The predicted octanol–water partition coefficient (Wildman–Crippen LogP) is 2.54. The lowest BCUT2D eigenvalue weighted by Crippen LogP contribution is -2.14. The summed E-state index contributed by atoms with van der Waals surface area (Å²) < 4.78 is 7.58. The summed E-state index contributed by atoms with van der Waals surface area (Å²) in [5.41, 5.74) is 2.83. The quantitative estimate of drug-likeness (QED) is 0.591. The molecule has 1 amide bonds. The minimum absolute atomic E-state index is 0.163. The lowest BCUT2D eigenvalue weighted by Gasteiger charge is -2.07. The van der Waals surface area contributed by atoms with Gasteiger partial charge in [0.1, 0.15) is 17.9 Å². The van der Waals surface area contributed by atoms with Crippen molar-refractivity contribution in [3.63, 3.8) is 0 Å². The van der Waals surface area contributed by atoms with Gasteiger partial charge in [-0.3, -0.25) is 10.1 Å². The Kier molecular flexibility index (Phi) is 6.18. The van der Waals surface area contributed by atoms with Crippen LogP contribution in [0.15, 0.2) is 34.9 Å². The van der Waals surface area contributed by atoms with Gasteiger partial charge in [-0.05, 0) is 24.1 Å². The first-order chi connectivity index (χ1) is 12.7. The Morgan fingerprint density at radius 3 is 2.77 bits per heavy atom. The monoisotopic (exact) mass is 390 g/mol. The lowest BCUT2D eigenvalue weighted by molar-refractivity contribution is -0.113. The van der Waals surface area contributed by atoms with Crippen LogP contribution in [-0.4, -0.2) is 36.6 Å². The maximum atomic E-state index is 11.9.